The Bertz CT molecular complexity index is 387. The van der Waals surface area contributed by atoms with E-state index in [4.69, 9.17) is 0 Å². The lowest BCUT2D eigenvalue weighted by molar-refractivity contribution is -0.121. The average Bonchev–Trinajstić information content (AvgIpc) is 2.31. The van der Waals surface area contributed by atoms with Crippen molar-refractivity contribution in [1.29, 1.82) is 0 Å². The highest BCUT2D eigenvalue weighted by Gasteiger charge is 2.16. The summed E-state index contributed by atoms with van der Waals surface area (Å²) >= 11 is 0. The first kappa shape index (κ1) is 14.6. The zero-order valence-electron chi connectivity index (χ0n) is 11.2. The molecule has 1 amide bonds. The van der Waals surface area contributed by atoms with Crippen molar-refractivity contribution < 1.29 is 9.18 Å². The topological polar surface area (TPSA) is 41.1 Å². The van der Waals surface area contributed by atoms with Crippen LogP contribution in [0.5, 0.6) is 0 Å². The van der Waals surface area contributed by atoms with E-state index in [9.17, 15) is 9.18 Å². The molecule has 0 saturated carbocycles. The van der Waals surface area contributed by atoms with Crippen LogP contribution >= 0.6 is 0 Å². The predicted molar refractivity (Wildman–Crippen MR) is 70.6 cm³/mol. The first-order valence-electron chi connectivity index (χ1n) is 6.19. The van der Waals surface area contributed by atoms with Crippen LogP contribution in [0.1, 0.15) is 32.8 Å². The first-order valence-corrected chi connectivity index (χ1v) is 6.19. The molecule has 2 N–H and O–H groups in total. The Morgan fingerprint density at radius 3 is 2.44 bits per heavy atom. The molecule has 0 aliphatic carbocycles. The minimum absolute atomic E-state index is 0.0241. The summed E-state index contributed by atoms with van der Waals surface area (Å²) in [6, 6.07) is 6.24. The smallest absolute Gasteiger partial charge is 0.234 e. The molecule has 3 nitrogen and oxygen atoms in total. The zero-order chi connectivity index (χ0) is 13.6. The minimum Gasteiger partial charge on any atom is -0.350 e. The second-order valence-electron chi connectivity index (χ2n) is 5.02. The molecule has 0 spiro atoms. The number of hydrogen-bond acceptors (Lipinski definition) is 2. The number of halogens is 1. The highest BCUT2D eigenvalue weighted by atomic mass is 19.1. The Balaban J connectivity index is 2.29. The first-order chi connectivity index (χ1) is 8.43. The van der Waals surface area contributed by atoms with Crippen molar-refractivity contribution in [1.82, 2.24) is 10.6 Å². The Morgan fingerprint density at radius 2 is 1.89 bits per heavy atom. The molecule has 0 aliphatic heterocycles. The molecule has 0 atom stereocenters. The van der Waals surface area contributed by atoms with Crippen LogP contribution in [0.25, 0.3) is 0 Å². The van der Waals surface area contributed by atoms with Gasteiger partial charge in [-0.2, -0.15) is 0 Å². The van der Waals surface area contributed by atoms with Crippen molar-refractivity contribution >= 4 is 5.91 Å². The number of carbonyl (C=O) groups is 1. The summed E-state index contributed by atoms with van der Waals surface area (Å²) in [5, 5.41) is 5.97. The number of rotatable bonds is 6. The number of nitrogens with one attached hydrogen (secondary N) is 2. The van der Waals surface area contributed by atoms with Gasteiger partial charge in [0.1, 0.15) is 5.82 Å². The van der Waals surface area contributed by atoms with Gasteiger partial charge in [0.2, 0.25) is 5.91 Å². The molecule has 18 heavy (non-hydrogen) atoms. The minimum atomic E-state index is -0.249. The summed E-state index contributed by atoms with van der Waals surface area (Å²) < 4.78 is 12.7. The monoisotopic (exact) mass is 252 g/mol. The fourth-order valence-corrected chi connectivity index (χ4v) is 1.43. The molecule has 1 rings (SSSR count). The molecule has 4 heteroatoms. The van der Waals surface area contributed by atoms with Crippen LogP contribution in [0.4, 0.5) is 4.39 Å². The molecule has 0 aromatic heterocycles. The van der Waals surface area contributed by atoms with Gasteiger partial charge in [-0.3, -0.25) is 4.79 Å². The average molecular weight is 252 g/mol. The number of hydrogen-bond donors (Lipinski definition) is 2. The van der Waals surface area contributed by atoms with Crippen molar-refractivity contribution in [3.8, 4) is 0 Å². The Kier molecular flexibility index (Phi) is 5.28. The van der Waals surface area contributed by atoms with Gasteiger partial charge in [-0.25, -0.2) is 4.39 Å². The number of benzene rings is 1. The largest absolute Gasteiger partial charge is 0.350 e. The quantitative estimate of drug-likeness (QED) is 0.815. The molecule has 0 bridgehead atoms. The second-order valence-corrected chi connectivity index (χ2v) is 5.02. The van der Waals surface area contributed by atoms with Crippen molar-refractivity contribution in [2.24, 2.45) is 0 Å². The summed E-state index contributed by atoms with van der Waals surface area (Å²) in [7, 11) is 0. The maximum atomic E-state index is 12.7. The third-order valence-electron chi connectivity index (χ3n) is 2.89. The van der Waals surface area contributed by atoms with Crippen molar-refractivity contribution in [2.75, 3.05) is 6.54 Å². The van der Waals surface area contributed by atoms with Gasteiger partial charge in [0.05, 0.1) is 6.54 Å². The van der Waals surface area contributed by atoms with Gasteiger partial charge >= 0.3 is 0 Å². The summed E-state index contributed by atoms with van der Waals surface area (Å²) in [5.74, 6) is -0.273. The SMILES string of the molecule is CCC(C)(C)NC(=O)CNCc1ccc(F)cc1. The standard InChI is InChI=1S/C14H21FN2O/c1-4-14(2,3)17-13(18)10-16-9-11-5-7-12(15)8-6-11/h5-8,16H,4,9-10H2,1-3H3,(H,17,18). The summed E-state index contributed by atoms with van der Waals surface area (Å²) in [6.07, 6.45) is 0.886. The van der Waals surface area contributed by atoms with Crippen LogP contribution in [0.2, 0.25) is 0 Å². The lowest BCUT2D eigenvalue weighted by Gasteiger charge is -2.24. The van der Waals surface area contributed by atoms with Gasteiger partial charge in [0.25, 0.3) is 0 Å². The van der Waals surface area contributed by atoms with E-state index in [-0.39, 0.29) is 23.8 Å². The molecule has 1 aromatic rings. The molecule has 0 saturated heterocycles. The van der Waals surface area contributed by atoms with Crippen LogP contribution in [-0.4, -0.2) is 18.0 Å². The summed E-state index contributed by atoms with van der Waals surface area (Å²) in [4.78, 5) is 11.6. The lowest BCUT2D eigenvalue weighted by atomic mass is 10.0. The highest BCUT2D eigenvalue weighted by Crippen LogP contribution is 2.06. The van der Waals surface area contributed by atoms with E-state index in [1.54, 1.807) is 12.1 Å². The van der Waals surface area contributed by atoms with E-state index in [0.29, 0.717) is 6.54 Å². The van der Waals surface area contributed by atoms with Crippen LogP contribution in [0.3, 0.4) is 0 Å². The third-order valence-corrected chi connectivity index (χ3v) is 2.89. The van der Waals surface area contributed by atoms with E-state index < -0.39 is 0 Å². The molecular formula is C14H21FN2O. The van der Waals surface area contributed by atoms with Gasteiger partial charge in [0.15, 0.2) is 0 Å². The highest BCUT2D eigenvalue weighted by molar-refractivity contribution is 5.78. The molecule has 0 unspecified atom stereocenters. The maximum absolute atomic E-state index is 12.7. The molecule has 1 aromatic carbocycles. The van der Waals surface area contributed by atoms with Crippen LogP contribution in [0, 0.1) is 5.82 Å². The molecule has 0 aliphatic rings. The van der Waals surface area contributed by atoms with Gasteiger partial charge in [0, 0.05) is 12.1 Å². The van der Waals surface area contributed by atoms with E-state index in [1.807, 2.05) is 20.8 Å². The predicted octanol–water partition coefficient (Wildman–Crippen LogP) is 2.22. The maximum Gasteiger partial charge on any atom is 0.234 e. The molecule has 0 radical (unpaired) electrons. The van der Waals surface area contributed by atoms with Crippen LogP contribution < -0.4 is 10.6 Å². The summed E-state index contributed by atoms with van der Waals surface area (Å²) in [6.45, 7) is 6.84. The summed E-state index contributed by atoms with van der Waals surface area (Å²) in [5.41, 5.74) is 0.785. The van der Waals surface area contributed by atoms with Crippen LogP contribution in [-0.2, 0) is 11.3 Å². The fourth-order valence-electron chi connectivity index (χ4n) is 1.43. The van der Waals surface area contributed by atoms with Gasteiger partial charge in [-0.1, -0.05) is 19.1 Å². The molecule has 0 heterocycles. The van der Waals surface area contributed by atoms with E-state index in [0.717, 1.165) is 12.0 Å². The molecular weight excluding hydrogens is 231 g/mol. The fraction of sp³-hybridized carbons (Fsp3) is 0.500. The van der Waals surface area contributed by atoms with Crippen molar-refractivity contribution in [3.05, 3.63) is 35.6 Å². The van der Waals surface area contributed by atoms with Gasteiger partial charge in [-0.15, -0.1) is 0 Å². The van der Waals surface area contributed by atoms with Crippen LogP contribution in [0.15, 0.2) is 24.3 Å². The number of carbonyl (C=O) groups excluding carboxylic acids is 1. The Morgan fingerprint density at radius 1 is 1.28 bits per heavy atom. The zero-order valence-corrected chi connectivity index (χ0v) is 11.2. The Labute approximate surface area is 108 Å². The second kappa shape index (κ2) is 6.50. The van der Waals surface area contributed by atoms with E-state index >= 15 is 0 Å². The third kappa shape index (κ3) is 5.27. The van der Waals surface area contributed by atoms with E-state index in [2.05, 4.69) is 10.6 Å². The van der Waals surface area contributed by atoms with Gasteiger partial charge in [-0.05, 0) is 38.0 Å². The van der Waals surface area contributed by atoms with Gasteiger partial charge < -0.3 is 10.6 Å². The number of amides is 1. The molecule has 100 valence electrons. The lowest BCUT2D eigenvalue weighted by Crippen LogP contribution is -2.46. The van der Waals surface area contributed by atoms with E-state index in [1.165, 1.54) is 12.1 Å². The van der Waals surface area contributed by atoms with Crippen molar-refractivity contribution in [3.63, 3.8) is 0 Å². The normalized spacial score (nSPS) is 11.3. The molecule has 0 fully saturated rings. The Hall–Kier alpha value is -1.42. The van der Waals surface area contributed by atoms with Crippen molar-refractivity contribution in [2.45, 2.75) is 39.3 Å².